The minimum Gasteiger partial charge on any atom is -0.305 e. The number of anilines is 1. The van der Waals surface area contributed by atoms with Crippen molar-refractivity contribution in [2.24, 2.45) is 0 Å². The standard InChI is InChI=1S/C13H15NO2/c1-9(2)10-4-3-5-11(8-10)14-7-6-12(15)13(14)16/h3-5,8-9H,6-7H2,1-2H3. The summed E-state index contributed by atoms with van der Waals surface area (Å²) in [6.07, 6.45) is 0.338. The highest BCUT2D eigenvalue weighted by Gasteiger charge is 2.30. The molecule has 3 nitrogen and oxygen atoms in total. The van der Waals surface area contributed by atoms with Gasteiger partial charge in [0.25, 0.3) is 5.91 Å². The van der Waals surface area contributed by atoms with Crippen LogP contribution in [0.15, 0.2) is 24.3 Å². The number of ketones is 1. The van der Waals surface area contributed by atoms with Gasteiger partial charge in [-0.1, -0.05) is 26.0 Å². The molecular weight excluding hydrogens is 202 g/mol. The smallest absolute Gasteiger partial charge is 0.294 e. The van der Waals surface area contributed by atoms with E-state index >= 15 is 0 Å². The normalized spacial score (nSPS) is 16.3. The largest absolute Gasteiger partial charge is 0.305 e. The number of benzene rings is 1. The van der Waals surface area contributed by atoms with Crippen molar-refractivity contribution in [3.05, 3.63) is 29.8 Å². The molecule has 0 spiro atoms. The fourth-order valence-corrected chi connectivity index (χ4v) is 1.87. The van der Waals surface area contributed by atoms with Crippen LogP contribution in [-0.4, -0.2) is 18.2 Å². The molecule has 84 valence electrons. The monoisotopic (exact) mass is 217 g/mol. The van der Waals surface area contributed by atoms with Crippen molar-refractivity contribution in [2.45, 2.75) is 26.2 Å². The van der Waals surface area contributed by atoms with E-state index in [1.807, 2.05) is 24.3 Å². The summed E-state index contributed by atoms with van der Waals surface area (Å²) in [4.78, 5) is 24.3. The van der Waals surface area contributed by atoms with Gasteiger partial charge in [0.2, 0.25) is 5.78 Å². The van der Waals surface area contributed by atoms with E-state index in [-0.39, 0.29) is 11.7 Å². The minimum atomic E-state index is -0.374. The number of Topliss-reactive ketones (excluding diaryl/α,β-unsaturated/α-hetero) is 1. The predicted octanol–water partition coefficient (Wildman–Crippen LogP) is 2.12. The van der Waals surface area contributed by atoms with E-state index in [4.69, 9.17) is 0 Å². The number of hydrogen-bond donors (Lipinski definition) is 0. The molecule has 0 aromatic heterocycles. The second-order valence-corrected chi connectivity index (χ2v) is 4.38. The van der Waals surface area contributed by atoms with Gasteiger partial charge in [0.15, 0.2) is 0 Å². The number of nitrogens with zero attached hydrogens (tertiary/aromatic N) is 1. The van der Waals surface area contributed by atoms with Crippen LogP contribution < -0.4 is 4.90 Å². The SMILES string of the molecule is CC(C)c1cccc(N2CCC(=O)C2=O)c1. The van der Waals surface area contributed by atoms with E-state index in [0.29, 0.717) is 18.9 Å². The minimum absolute atomic E-state index is 0.282. The molecule has 1 fully saturated rings. The lowest BCUT2D eigenvalue weighted by molar-refractivity contribution is -0.133. The molecule has 0 atom stereocenters. The van der Waals surface area contributed by atoms with E-state index in [2.05, 4.69) is 13.8 Å². The van der Waals surface area contributed by atoms with Crippen molar-refractivity contribution in [3.63, 3.8) is 0 Å². The number of carbonyl (C=O) groups is 2. The average molecular weight is 217 g/mol. The second kappa shape index (κ2) is 4.08. The average Bonchev–Trinajstić information content (AvgIpc) is 2.60. The Morgan fingerprint density at radius 1 is 1.25 bits per heavy atom. The van der Waals surface area contributed by atoms with Crippen LogP contribution >= 0.6 is 0 Å². The van der Waals surface area contributed by atoms with Crippen molar-refractivity contribution in [1.29, 1.82) is 0 Å². The Morgan fingerprint density at radius 3 is 2.56 bits per heavy atom. The van der Waals surface area contributed by atoms with Crippen molar-refractivity contribution in [1.82, 2.24) is 0 Å². The molecule has 1 aliphatic rings. The van der Waals surface area contributed by atoms with E-state index in [1.54, 1.807) is 4.90 Å². The van der Waals surface area contributed by atoms with Gasteiger partial charge in [-0.25, -0.2) is 0 Å². The molecule has 1 heterocycles. The first-order chi connectivity index (χ1) is 7.59. The summed E-state index contributed by atoms with van der Waals surface area (Å²) in [5.74, 6) is -0.232. The molecule has 2 rings (SSSR count). The number of amides is 1. The third-order valence-corrected chi connectivity index (χ3v) is 2.89. The number of carbonyl (C=O) groups excluding carboxylic acids is 2. The molecule has 1 aliphatic heterocycles. The molecule has 0 unspecified atom stereocenters. The lowest BCUT2D eigenvalue weighted by Crippen LogP contribution is -2.26. The van der Waals surface area contributed by atoms with Crippen LogP contribution in [0, 0.1) is 0 Å². The molecule has 0 aliphatic carbocycles. The van der Waals surface area contributed by atoms with Crippen LogP contribution in [0.5, 0.6) is 0 Å². The molecule has 1 aromatic carbocycles. The molecule has 0 radical (unpaired) electrons. The first-order valence-electron chi connectivity index (χ1n) is 5.54. The van der Waals surface area contributed by atoms with Crippen molar-refractivity contribution < 1.29 is 9.59 Å². The molecule has 1 aromatic rings. The first-order valence-corrected chi connectivity index (χ1v) is 5.54. The highest BCUT2D eigenvalue weighted by Crippen LogP contribution is 2.24. The Balaban J connectivity index is 2.31. The molecule has 1 saturated heterocycles. The quantitative estimate of drug-likeness (QED) is 0.711. The van der Waals surface area contributed by atoms with Crippen LogP contribution in [0.2, 0.25) is 0 Å². The Kier molecular flexibility index (Phi) is 2.77. The summed E-state index contributed by atoms with van der Waals surface area (Å²) in [6.45, 7) is 4.73. The van der Waals surface area contributed by atoms with Gasteiger partial charge >= 0.3 is 0 Å². The van der Waals surface area contributed by atoms with Gasteiger partial charge in [0.1, 0.15) is 0 Å². The first kappa shape index (κ1) is 10.9. The molecular formula is C13H15NO2. The highest BCUT2D eigenvalue weighted by atomic mass is 16.2. The maximum atomic E-state index is 11.6. The van der Waals surface area contributed by atoms with Gasteiger partial charge in [-0.05, 0) is 23.6 Å². The van der Waals surface area contributed by atoms with Gasteiger partial charge in [-0.3, -0.25) is 9.59 Å². The maximum Gasteiger partial charge on any atom is 0.294 e. The summed E-state index contributed by atoms with van der Waals surface area (Å²) in [6, 6.07) is 7.83. The Labute approximate surface area is 95.1 Å². The van der Waals surface area contributed by atoms with Crippen molar-refractivity contribution in [2.75, 3.05) is 11.4 Å². The fourth-order valence-electron chi connectivity index (χ4n) is 1.87. The van der Waals surface area contributed by atoms with Gasteiger partial charge in [0.05, 0.1) is 0 Å². The maximum absolute atomic E-state index is 11.6. The van der Waals surface area contributed by atoms with E-state index in [0.717, 1.165) is 5.69 Å². The topological polar surface area (TPSA) is 37.4 Å². The summed E-state index contributed by atoms with van der Waals surface area (Å²) >= 11 is 0. The Morgan fingerprint density at radius 2 is 2.00 bits per heavy atom. The Hall–Kier alpha value is -1.64. The van der Waals surface area contributed by atoms with Crippen molar-refractivity contribution >= 4 is 17.4 Å². The van der Waals surface area contributed by atoms with E-state index in [1.165, 1.54) is 5.56 Å². The second-order valence-electron chi connectivity index (χ2n) is 4.38. The van der Waals surface area contributed by atoms with Gasteiger partial charge in [-0.15, -0.1) is 0 Å². The summed E-state index contributed by atoms with van der Waals surface area (Å²) in [5.41, 5.74) is 2.02. The van der Waals surface area contributed by atoms with Crippen molar-refractivity contribution in [3.8, 4) is 0 Å². The Bertz CT molecular complexity index is 437. The van der Waals surface area contributed by atoms with E-state index in [9.17, 15) is 9.59 Å². The lowest BCUT2D eigenvalue weighted by Gasteiger charge is -2.16. The van der Waals surface area contributed by atoms with Crippen LogP contribution in [0.25, 0.3) is 0 Å². The summed E-state index contributed by atoms with van der Waals surface area (Å²) < 4.78 is 0. The molecule has 0 saturated carbocycles. The van der Waals surface area contributed by atoms with Crippen LogP contribution in [0.1, 0.15) is 31.7 Å². The molecule has 0 N–H and O–H groups in total. The zero-order valence-corrected chi connectivity index (χ0v) is 9.56. The third kappa shape index (κ3) is 1.85. The van der Waals surface area contributed by atoms with E-state index < -0.39 is 0 Å². The van der Waals surface area contributed by atoms with Gasteiger partial charge < -0.3 is 4.90 Å². The molecule has 3 heteroatoms. The molecule has 16 heavy (non-hydrogen) atoms. The van der Waals surface area contributed by atoms with Crippen LogP contribution in [-0.2, 0) is 9.59 Å². The molecule has 0 bridgehead atoms. The lowest BCUT2D eigenvalue weighted by atomic mass is 10.0. The predicted molar refractivity (Wildman–Crippen MR) is 62.5 cm³/mol. The van der Waals surface area contributed by atoms with Gasteiger partial charge in [-0.2, -0.15) is 0 Å². The summed E-state index contributed by atoms with van der Waals surface area (Å²) in [5, 5.41) is 0. The summed E-state index contributed by atoms with van der Waals surface area (Å²) in [7, 11) is 0. The zero-order valence-electron chi connectivity index (χ0n) is 9.56. The zero-order chi connectivity index (χ0) is 11.7. The fraction of sp³-hybridized carbons (Fsp3) is 0.385. The third-order valence-electron chi connectivity index (χ3n) is 2.89. The van der Waals surface area contributed by atoms with Crippen LogP contribution in [0.4, 0.5) is 5.69 Å². The van der Waals surface area contributed by atoms with Crippen LogP contribution in [0.3, 0.4) is 0 Å². The van der Waals surface area contributed by atoms with Gasteiger partial charge in [0, 0.05) is 18.7 Å². The highest BCUT2D eigenvalue weighted by molar-refractivity contribution is 6.43. The number of hydrogen-bond acceptors (Lipinski definition) is 2. The molecule has 1 amide bonds. The number of rotatable bonds is 2.